The summed E-state index contributed by atoms with van der Waals surface area (Å²) < 4.78 is 0. The Bertz CT molecular complexity index is 205. The van der Waals surface area contributed by atoms with E-state index in [9.17, 15) is 0 Å². The van der Waals surface area contributed by atoms with E-state index in [2.05, 4.69) is 18.0 Å². The number of nitrogens with one attached hydrogen (secondary N) is 1. The van der Waals surface area contributed by atoms with Crippen LogP contribution in [0.3, 0.4) is 0 Å². The first-order valence-corrected chi connectivity index (χ1v) is 3.23. The van der Waals surface area contributed by atoms with E-state index in [1.807, 2.05) is 18.5 Å². The number of aromatic nitrogens is 1. The molecule has 0 saturated heterocycles. The van der Waals surface area contributed by atoms with Gasteiger partial charge in [0.1, 0.15) is 0 Å². The Kier molecular flexibility index (Phi) is 4.73. The highest BCUT2D eigenvalue weighted by Crippen LogP contribution is 1.84. The maximum absolute atomic E-state index is 8.89. The van der Waals surface area contributed by atoms with E-state index in [0.717, 1.165) is 6.92 Å². The van der Waals surface area contributed by atoms with Gasteiger partial charge in [-0.05, 0) is 19.9 Å². The molecular weight excluding hydrogens is 142 g/mol. The molecule has 0 aromatic carbocycles. The lowest BCUT2D eigenvalue weighted by Gasteiger charge is -1.77. The molecule has 0 aliphatic rings. The van der Waals surface area contributed by atoms with Gasteiger partial charge in [0.05, 0.1) is 0 Å². The summed E-state index contributed by atoms with van der Waals surface area (Å²) >= 11 is 0. The predicted molar refractivity (Wildman–Crippen MR) is 38.4 cm³/mol. The Balaban J connectivity index is 0.000000218. The van der Waals surface area contributed by atoms with Crippen molar-refractivity contribution in [3.63, 3.8) is 0 Å². The van der Waals surface area contributed by atoms with Crippen molar-refractivity contribution in [1.29, 1.82) is 0 Å². The van der Waals surface area contributed by atoms with Gasteiger partial charge in [-0.25, -0.2) is 4.98 Å². The Hall–Kier alpha value is -1.38. The van der Waals surface area contributed by atoms with Gasteiger partial charge in [-0.1, -0.05) is 0 Å². The number of aliphatic carboxylic acids is 1. The minimum absolute atomic E-state index is 0.972. The zero-order chi connectivity index (χ0) is 8.69. The number of carbonyl (C=O) groups is 1. The largest absolute Gasteiger partial charge is 0.550 e. The van der Waals surface area contributed by atoms with E-state index >= 15 is 0 Å². The molecule has 0 spiro atoms. The van der Waals surface area contributed by atoms with Crippen molar-refractivity contribution in [2.75, 3.05) is 0 Å². The first kappa shape index (κ1) is 9.62. The van der Waals surface area contributed by atoms with Crippen molar-refractivity contribution >= 4 is 5.97 Å². The number of aromatic amines is 1. The van der Waals surface area contributed by atoms with Crippen molar-refractivity contribution in [2.24, 2.45) is 0 Å². The first-order chi connectivity index (χ1) is 5.13. The Morgan fingerprint density at radius 1 is 1.64 bits per heavy atom. The molecule has 1 N–H and O–H groups in total. The van der Waals surface area contributed by atoms with Crippen molar-refractivity contribution in [3.8, 4) is 0 Å². The highest BCUT2D eigenvalue weighted by atomic mass is 16.4. The van der Waals surface area contributed by atoms with Gasteiger partial charge in [-0.2, -0.15) is 0 Å². The number of pyridine rings is 1. The number of hydrogen-bond acceptors (Lipinski definition) is 2. The van der Waals surface area contributed by atoms with Crippen molar-refractivity contribution in [2.45, 2.75) is 13.8 Å². The molecule has 1 aromatic heterocycles. The summed E-state index contributed by atoms with van der Waals surface area (Å²) in [6.07, 6.45) is 3.85. The van der Waals surface area contributed by atoms with Crippen LogP contribution in [0, 0.1) is 6.92 Å². The molecule has 0 unspecified atom stereocenters. The molecule has 3 heteroatoms. The lowest BCUT2D eigenvalue weighted by molar-refractivity contribution is -0.378. The molecular formula is C8H11NO2. The molecule has 1 heterocycles. The van der Waals surface area contributed by atoms with Crippen LogP contribution in [0.15, 0.2) is 24.5 Å². The summed E-state index contributed by atoms with van der Waals surface area (Å²) in [5, 5.41) is 8.89. The lowest BCUT2D eigenvalue weighted by atomic mass is 10.3. The molecule has 0 atom stereocenters. The van der Waals surface area contributed by atoms with Crippen LogP contribution in [-0.2, 0) is 4.79 Å². The van der Waals surface area contributed by atoms with E-state index in [4.69, 9.17) is 9.90 Å². The lowest BCUT2D eigenvalue weighted by Crippen LogP contribution is -2.16. The number of carbonyl (C=O) groups excluding carboxylic acids is 1. The molecule has 1 aromatic rings. The molecule has 0 aliphatic carbocycles. The summed E-state index contributed by atoms with van der Waals surface area (Å²) in [6.45, 7) is 3.02. The summed E-state index contributed by atoms with van der Waals surface area (Å²) in [7, 11) is 0. The second kappa shape index (κ2) is 5.41. The first-order valence-electron chi connectivity index (χ1n) is 3.23. The Morgan fingerprint density at radius 2 is 2.18 bits per heavy atom. The van der Waals surface area contributed by atoms with Crippen LogP contribution in [0.5, 0.6) is 0 Å². The van der Waals surface area contributed by atoms with Gasteiger partial charge in [0.25, 0.3) is 0 Å². The summed E-state index contributed by atoms with van der Waals surface area (Å²) in [5.74, 6) is -1.08. The fourth-order valence-electron chi connectivity index (χ4n) is 0.483. The topological polar surface area (TPSA) is 54.3 Å². The normalized spacial score (nSPS) is 7.82. The van der Waals surface area contributed by atoms with Gasteiger partial charge in [0.2, 0.25) is 0 Å². The molecule has 60 valence electrons. The number of rotatable bonds is 0. The van der Waals surface area contributed by atoms with Crippen LogP contribution < -0.4 is 10.1 Å². The maximum Gasteiger partial charge on any atom is 0.169 e. The molecule has 0 fully saturated rings. The number of aryl methyl sites for hydroxylation is 1. The van der Waals surface area contributed by atoms with Crippen LogP contribution in [0.2, 0.25) is 0 Å². The van der Waals surface area contributed by atoms with Gasteiger partial charge >= 0.3 is 0 Å². The molecule has 0 radical (unpaired) electrons. The summed E-state index contributed by atoms with van der Waals surface area (Å²) in [5.41, 5.74) is 1.27. The zero-order valence-electron chi connectivity index (χ0n) is 6.63. The van der Waals surface area contributed by atoms with Gasteiger partial charge in [-0.15, -0.1) is 0 Å². The molecule has 0 amide bonds. The summed E-state index contributed by atoms with van der Waals surface area (Å²) in [6, 6.07) is 4.03. The van der Waals surface area contributed by atoms with Gasteiger partial charge < -0.3 is 9.90 Å². The highest BCUT2D eigenvalue weighted by Gasteiger charge is 1.79. The van der Waals surface area contributed by atoms with Gasteiger partial charge in [0.15, 0.2) is 12.4 Å². The van der Waals surface area contributed by atoms with Crippen molar-refractivity contribution in [3.05, 3.63) is 30.1 Å². The highest BCUT2D eigenvalue weighted by molar-refractivity contribution is 5.60. The Labute approximate surface area is 65.7 Å². The number of H-pyrrole nitrogens is 1. The van der Waals surface area contributed by atoms with Crippen molar-refractivity contribution < 1.29 is 14.9 Å². The van der Waals surface area contributed by atoms with Crippen LogP contribution in [0.4, 0.5) is 0 Å². The van der Waals surface area contributed by atoms with E-state index in [0.29, 0.717) is 0 Å². The fraction of sp³-hybridized carbons (Fsp3) is 0.250. The SMILES string of the molecule is CC(=O)[O-].Cc1ccc[nH+]c1. The zero-order valence-corrected chi connectivity index (χ0v) is 6.63. The monoisotopic (exact) mass is 153 g/mol. The third-order valence-corrected chi connectivity index (χ3v) is 0.863. The average Bonchev–Trinajstić information content (AvgIpc) is 1.87. The third-order valence-electron chi connectivity index (χ3n) is 0.863. The Morgan fingerprint density at radius 3 is 2.36 bits per heavy atom. The smallest absolute Gasteiger partial charge is 0.169 e. The van der Waals surface area contributed by atoms with Crippen LogP contribution in [0.25, 0.3) is 0 Å². The number of hydrogen-bond donors (Lipinski definition) is 0. The maximum atomic E-state index is 8.89. The van der Waals surface area contributed by atoms with E-state index in [-0.39, 0.29) is 0 Å². The van der Waals surface area contributed by atoms with Crippen LogP contribution >= 0.6 is 0 Å². The summed E-state index contributed by atoms with van der Waals surface area (Å²) in [4.78, 5) is 11.8. The van der Waals surface area contributed by atoms with E-state index < -0.39 is 5.97 Å². The molecule has 0 saturated carbocycles. The molecule has 0 bridgehead atoms. The van der Waals surface area contributed by atoms with Crippen molar-refractivity contribution in [1.82, 2.24) is 0 Å². The molecule has 1 rings (SSSR count). The molecule has 3 nitrogen and oxygen atoms in total. The predicted octanol–water partition coefficient (Wildman–Crippen LogP) is -0.435. The third kappa shape index (κ3) is 8.62. The fourth-order valence-corrected chi connectivity index (χ4v) is 0.483. The molecule has 0 aliphatic heterocycles. The minimum Gasteiger partial charge on any atom is -0.550 e. The van der Waals surface area contributed by atoms with Crippen LogP contribution in [0.1, 0.15) is 12.5 Å². The van der Waals surface area contributed by atoms with E-state index in [1.165, 1.54) is 5.56 Å². The van der Waals surface area contributed by atoms with Gasteiger partial charge in [0, 0.05) is 17.6 Å². The number of carboxylic acid groups (broad SMARTS) is 1. The average molecular weight is 153 g/mol. The van der Waals surface area contributed by atoms with E-state index in [1.54, 1.807) is 0 Å². The standard InChI is InChI=1S/C6H7N.C2H4O2/c1-6-3-2-4-7-5-6;1-2(3)4/h2-5H,1H3;1H3,(H,3,4). The minimum atomic E-state index is -1.08. The molecule has 11 heavy (non-hydrogen) atoms. The van der Waals surface area contributed by atoms with Gasteiger partial charge in [-0.3, -0.25) is 0 Å². The second-order valence-corrected chi connectivity index (χ2v) is 2.07. The number of carboxylic acids is 1. The van der Waals surface area contributed by atoms with Crippen LogP contribution in [-0.4, -0.2) is 5.97 Å². The second-order valence-electron chi connectivity index (χ2n) is 2.07. The quantitative estimate of drug-likeness (QED) is 0.507.